The van der Waals surface area contributed by atoms with E-state index in [4.69, 9.17) is 4.74 Å². The first-order chi connectivity index (χ1) is 12.1. The van der Waals surface area contributed by atoms with Gasteiger partial charge in [0.2, 0.25) is 0 Å². The summed E-state index contributed by atoms with van der Waals surface area (Å²) in [4.78, 5) is 28.8. The van der Waals surface area contributed by atoms with Crippen LogP contribution in [0.15, 0.2) is 15.8 Å². The molecule has 0 spiro atoms. The number of rotatable bonds is 3. The third kappa shape index (κ3) is 4.22. The molecule has 1 aromatic heterocycles. The van der Waals surface area contributed by atoms with Crippen molar-refractivity contribution in [3.8, 4) is 0 Å². The van der Waals surface area contributed by atoms with Crippen LogP contribution in [0.5, 0.6) is 0 Å². The van der Waals surface area contributed by atoms with Crippen LogP contribution >= 0.6 is 0 Å². The number of ether oxygens (including phenoxy) is 1. The van der Waals surface area contributed by atoms with Crippen molar-refractivity contribution in [3.63, 3.8) is 0 Å². The van der Waals surface area contributed by atoms with E-state index < -0.39 is 11.9 Å². The summed E-state index contributed by atoms with van der Waals surface area (Å²) in [7, 11) is 0. The van der Waals surface area contributed by atoms with Gasteiger partial charge in [-0.15, -0.1) is 0 Å². The first-order valence-electron chi connectivity index (χ1n) is 9.42. The maximum Gasteiger partial charge on any atom is 0.330 e. The van der Waals surface area contributed by atoms with E-state index in [1.165, 1.54) is 30.3 Å². The molecule has 2 saturated heterocycles. The third-order valence-electron chi connectivity index (χ3n) is 5.40. The van der Waals surface area contributed by atoms with E-state index in [-0.39, 0.29) is 24.3 Å². The molecule has 140 valence electrons. The fourth-order valence-corrected chi connectivity index (χ4v) is 3.98. The Morgan fingerprint density at radius 2 is 1.80 bits per heavy atom. The van der Waals surface area contributed by atoms with Crippen molar-refractivity contribution >= 4 is 0 Å². The summed E-state index contributed by atoms with van der Waals surface area (Å²) in [6, 6.07) is 0.0400. The summed E-state index contributed by atoms with van der Waals surface area (Å²) in [6.07, 6.45) is 8.86. The summed E-state index contributed by atoms with van der Waals surface area (Å²) in [5, 5.41) is 9.57. The third-order valence-corrected chi connectivity index (χ3v) is 5.40. The second-order valence-corrected chi connectivity index (χ2v) is 7.27. The van der Waals surface area contributed by atoms with E-state index in [9.17, 15) is 14.7 Å². The molecule has 7 nitrogen and oxygen atoms in total. The van der Waals surface area contributed by atoms with Crippen molar-refractivity contribution in [2.24, 2.45) is 0 Å². The minimum atomic E-state index is -0.471. The zero-order valence-corrected chi connectivity index (χ0v) is 14.9. The summed E-state index contributed by atoms with van der Waals surface area (Å²) in [5.41, 5.74) is -0.329. The van der Waals surface area contributed by atoms with Crippen LogP contribution in [0.1, 0.15) is 56.7 Å². The highest BCUT2D eigenvalue weighted by Crippen LogP contribution is 2.32. The molecule has 0 radical (unpaired) electrons. The van der Waals surface area contributed by atoms with E-state index >= 15 is 0 Å². The highest BCUT2D eigenvalue weighted by Gasteiger charge is 2.40. The van der Waals surface area contributed by atoms with E-state index in [0.717, 1.165) is 25.9 Å². The van der Waals surface area contributed by atoms with Crippen LogP contribution in [0, 0.1) is 6.92 Å². The smallest absolute Gasteiger partial charge is 0.330 e. The Balaban J connectivity index is 1.88. The van der Waals surface area contributed by atoms with Crippen molar-refractivity contribution < 1.29 is 9.84 Å². The van der Waals surface area contributed by atoms with E-state index in [1.54, 1.807) is 13.1 Å². The van der Waals surface area contributed by atoms with Crippen LogP contribution in [0.4, 0.5) is 0 Å². The van der Waals surface area contributed by atoms with Gasteiger partial charge in [-0.1, -0.05) is 25.7 Å². The first kappa shape index (κ1) is 18.4. The lowest BCUT2D eigenvalue weighted by Gasteiger charge is -2.32. The number of aliphatic hydroxyl groups excluding tert-OH is 1. The minimum Gasteiger partial charge on any atom is -0.394 e. The van der Waals surface area contributed by atoms with Crippen LogP contribution in [0.25, 0.3) is 0 Å². The molecule has 0 amide bonds. The van der Waals surface area contributed by atoms with Crippen molar-refractivity contribution in [2.45, 2.75) is 70.2 Å². The Hall–Kier alpha value is -1.44. The highest BCUT2D eigenvalue weighted by molar-refractivity contribution is 5.03. The van der Waals surface area contributed by atoms with Gasteiger partial charge in [0.25, 0.3) is 5.56 Å². The summed E-state index contributed by atoms with van der Waals surface area (Å²) >= 11 is 0. The molecule has 7 heteroatoms. The van der Waals surface area contributed by atoms with Gasteiger partial charge in [-0.2, -0.15) is 0 Å². The zero-order valence-electron chi connectivity index (χ0n) is 14.9. The van der Waals surface area contributed by atoms with Gasteiger partial charge in [0.1, 0.15) is 0 Å². The lowest BCUT2D eigenvalue weighted by molar-refractivity contribution is -0.0439. The molecule has 3 atom stereocenters. The predicted molar refractivity (Wildman–Crippen MR) is 94.7 cm³/mol. The van der Waals surface area contributed by atoms with Crippen LogP contribution in [-0.4, -0.2) is 51.4 Å². The van der Waals surface area contributed by atoms with E-state index in [2.05, 4.69) is 9.88 Å². The maximum absolute atomic E-state index is 12.3. The number of aliphatic hydroxyl groups is 1. The topological polar surface area (TPSA) is 87.6 Å². The van der Waals surface area contributed by atoms with Gasteiger partial charge in [0.15, 0.2) is 6.23 Å². The fraction of sp³-hybridized carbons (Fsp3) is 0.778. The Bertz CT molecular complexity index is 674. The van der Waals surface area contributed by atoms with Gasteiger partial charge in [0, 0.05) is 11.8 Å². The van der Waals surface area contributed by atoms with E-state index in [1.807, 2.05) is 0 Å². The molecule has 2 aliphatic heterocycles. The average Bonchev–Trinajstić information content (AvgIpc) is 3.06. The number of H-pyrrole nitrogens is 1. The molecular weight excluding hydrogens is 322 g/mol. The Morgan fingerprint density at radius 3 is 2.44 bits per heavy atom. The Morgan fingerprint density at radius 1 is 1.16 bits per heavy atom. The van der Waals surface area contributed by atoms with Crippen molar-refractivity contribution in [1.29, 1.82) is 0 Å². The van der Waals surface area contributed by atoms with Gasteiger partial charge in [-0.3, -0.25) is 19.2 Å². The monoisotopic (exact) mass is 351 g/mol. The minimum absolute atomic E-state index is 0.0400. The molecule has 2 aliphatic rings. The number of aryl methyl sites for hydroxylation is 1. The molecule has 2 N–H and O–H groups in total. The van der Waals surface area contributed by atoms with Gasteiger partial charge in [-0.05, 0) is 39.3 Å². The highest BCUT2D eigenvalue weighted by atomic mass is 16.5. The summed E-state index contributed by atoms with van der Waals surface area (Å²) in [6.45, 7) is 3.60. The maximum atomic E-state index is 12.3. The number of nitrogens with zero attached hydrogens (tertiary/aromatic N) is 2. The fourth-order valence-electron chi connectivity index (χ4n) is 3.98. The normalized spacial score (nSPS) is 29.1. The number of aromatic amines is 1. The largest absolute Gasteiger partial charge is 0.394 e. The molecule has 0 aliphatic carbocycles. The van der Waals surface area contributed by atoms with Crippen molar-refractivity contribution in [1.82, 2.24) is 14.5 Å². The molecule has 25 heavy (non-hydrogen) atoms. The first-order valence-corrected chi connectivity index (χ1v) is 9.42. The second-order valence-electron chi connectivity index (χ2n) is 7.27. The second kappa shape index (κ2) is 8.29. The molecule has 1 unspecified atom stereocenters. The summed E-state index contributed by atoms with van der Waals surface area (Å²) < 4.78 is 7.48. The van der Waals surface area contributed by atoms with Crippen molar-refractivity contribution in [3.05, 3.63) is 32.6 Å². The lowest BCUT2D eigenvalue weighted by Crippen LogP contribution is -2.44. The van der Waals surface area contributed by atoms with Gasteiger partial charge in [0.05, 0.1) is 18.8 Å². The van der Waals surface area contributed by atoms with Crippen LogP contribution < -0.4 is 11.2 Å². The lowest BCUT2D eigenvalue weighted by atomic mass is 10.1. The predicted octanol–water partition coefficient (Wildman–Crippen LogP) is 1.15. The average molecular weight is 351 g/mol. The van der Waals surface area contributed by atoms with Gasteiger partial charge in [-0.25, -0.2) is 4.79 Å². The molecule has 1 aromatic rings. The van der Waals surface area contributed by atoms with Crippen LogP contribution in [0.3, 0.4) is 0 Å². The quantitative estimate of drug-likeness (QED) is 0.853. The number of nitrogens with one attached hydrogen (secondary N) is 1. The number of aromatic nitrogens is 2. The van der Waals surface area contributed by atoms with Crippen molar-refractivity contribution in [2.75, 3.05) is 19.7 Å². The van der Waals surface area contributed by atoms with Crippen LogP contribution in [-0.2, 0) is 4.74 Å². The van der Waals surface area contributed by atoms with Gasteiger partial charge < -0.3 is 9.84 Å². The standard InChI is InChI=1S/C18H29N3O4/c1-13-11-21(18(24)19-16(13)23)17-15(10-14(12-22)25-17)20-8-6-4-2-3-5-7-9-20/h11,14-15,17,22H,2-10,12H2,1H3,(H,19,23,24)/t14-,15?,17+/m0/s1. The molecule has 0 bridgehead atoms. The van der Waals surface area contributed by atoms with E-state index in [0.29, 0.717) is 12.0 Å². The Kier molecular flexibility index (Phi) is 6.09. The summed E-state index contributed by atoms with van der Waals surface area (Å²) in [5.74, 6) is 0. The molecule has 0 saturated carbocycles. The molecular formula is C18H29N3O4. The van der Waals surface area contributed by atoms with Crippen LogP contribution in [0.2, 0.25) is 0 Å². The Labute approximate surface area is 147 Å². The molecule has 0 aromatic carbocycles. The van der Waals surface area contributed by atoms with Gasteiger partial charge >= 0.3 is 5.69 Å². The molecule has 3 heterocycles. The molecule has 3 rings (SSSR count). The molecule has 2 fully saturated rings. The number of hydrogen-bond acceptors (Lipinski definition) is 5. The SMILES string of the molecule is Cc1cn([C@@H]2O[C@H](CO)CC2N2CCCCCCCC2)c(=O)[nH]c1=O. The zero-order chi connectivity index (χ0) is 17.8. The number of hydrogen-bond donors (Lipinski definition) is 2.